The van der Waals surface area contributed by atoms with Gasteiger partial charge in [0.15, 0.2) is 5.82 Å². The van der Waals surface area contributed by atoms with Gasteiger partial charge in [-0.25, -0.2) is 8.78 Å². The molecule has 8 rings (SSSR count). The number of hydrogen-bond donors (Lipinski definition) is 1. The highest BCUT2D eigenvalue weighted by molar-refractivity contribution is 7.23. The van der Waals surface area contributed by atoms with Crippen molar-refractivity contribution in [2.45, 2.75) is 57.0 Å². The van der Waals surface area contributed by atoms with Gasteiger partial charge in [-0.2, -0.15) is 15.2 Å². The lowest BCUT2D eigenvalue weighted by Gasteiger charge is -2.42. The number of nitriles is 1. The van der Waals surface area contributed by atoms with Crippen LogP contribution in [0.2, 0.25) is 0 Å². The number of methoxy groups -OCH3 is 1. The highest BCUT2D eigenvalue weighted by atomic mass is 32.1. The van der Waals surface area contributed by atoms with E-state index in [0.717, 1.165) is 57.4 Å². The Morgan fingerprint density at radius 2 is 1.87 bits per heavy atom. The van der Waals surface area contributed by atoms with Gasteiger partial charge in [0.05, 0.1) is 30.8 Å². The van der Waals surface area contributed by atoms with Crippen molar-refractivity contribution in [3.05, 3.63) is 40.5 Å². The third kappa shape index (κ3) is 5.00. The topological polar surface area (TPSA) is 113 Å². The molecule has 0 radical (unpaired) electrons. The van der Waals surface area contributed by atoms with Gasteiger partial charge in [0, 0.05) is 66.1 Å². The summed E-state index contributed by atoms with van der Waals surface area (Å²) in [6.07, 6.45) is 4.07. The lowest BCUT2D eigenvalue weighted by molar-refractivity contribution is 0.132. The second-order valence-electron chi connectivity index (χ2n) is 13.1. The van der Waals surface area contributed by atoms with E-state index in [1.54, 1.807) is 13.2 Å². The van der Waals surface area contributed by atoms with Crippen LogP contribution >= 0.6 is 11.3 Å². The van der Waals surface area contributed by atoms with Gasteiger partial charge < -0.3 is 29.7 Å². The van der Waals surface area contributed by atoms with Crippen LogP contribution in [-0.4, -0.2) is 91.4 Å². The number of hydrogen-bond acceptors (Lipinski definition) is 11. The zero-order chi connectivity index (χ0) is 32.4. The van der Waals surface area contributed by atoms with E-state index in [4.69, 9.17) is 29.9 Å². The largest absolute Gasteiger partial charge is 0.462 e. The number of halogens is 2. The summed E-state index contributed by atoms with van der Waals surface area (Å²) in [6, 6.07) is 5.68. The number of piperazine rings is 1. The van der Waals surface area contributed by atoms with E-state index in [1.165, 1.54) is 17.4 Å². The van der Waals surface area contributed by atoms with Crippen LogP contribution in [0.4, 0.5) is 19.6 Å². The summed E-state index contributed by atoms with van der Waals surface area (Å²) < 4.78 is 51.5. The minimum Gasteiger partial charge on any atom is -0.462 e. The SMILES string of the molecule is COCCN1CC2CCC(C1)N2c1nc(OC[C@@H]2CCCN2C)nc2c(F)c(-c3c(F)ccc4sc(N)c(C#N)c34)c3c(c12)COC3. The summed E-state index contributed by atoms with van der Waals surface area (Å²) in [6.45, 7) is 4.88. The summed E-state index contributed by atoms with van der Waals surface area (Å²) in [5, 5.41) is 11.1. The first-order valence-electron chi connectivity index (χ1n) is 16.2. The molecule has 3 saturated heterocycles. The van der Waals surface area contributed by atoms with E-state index in [2.05, 4.69) is 27.8 Å². The molecule has 0 saturated carbocycles. The molecule has 47 heavy (non-hydrogen) atoms. The predicted molar refractivity (Wildman–Crippen MR) is 177 cm³/mol. The summed E-state index contributed by atoms with van der Waals surface area (Å²) in [5.41, 5.74) is 7.76. The molecule has 2 unspecified atom stereocenters. The fraction of sp³-hybridized carbons (Fsp3) is 0.500. The van der Waals surface area contributed by atoms with E-state index in [1.807, 2.05) is 0 Å². The van der Waals surface area contributed by atoms with Gasteiger partial charge in [-0.05, 0) is 62.5 Å². The molecule has 10 nitrogen and oxygen atoms in total. The van der Waals surface area contributed by atoms with Gasteiger partial charge in [-0.1, -0.05) is 0 Å². The highest BCUT2D eigenvalue weighted by Gasteiger charge is 2.43. The van der Waals surface area contributed by atoms with Gasteiger partial charge in [0.25, 0.3) is 0 Å². The maximum atomic E-state index is 17.4. The number of likely N-dealkylation sites (tertiary alicyclic amines) is 2. The predicted octanol–water partition coefficient (Wildman–Crippen LogP) is 5.05. The van der Waals surface area contributed by atoms with E-state index in [9.17, 15) is 5.26 Å². The molecule has 6 heterocycles. The number of likely N-dealkylation sites (N-methyl/N-ethyl adjacent to an activating group) is 1. The Morgan fingerprint density at radius 1 is 1.09 bits per heavy atom. The number of benzene rings is 2. The number of anilines is 2. The number of rotatable bonds is 8. The molecule has 2 aromatic heterocycles. The third-order valence-electron chi connectivity index (χ3n) is 10.4. The van der Waals surface area contributed by atoms with Crippen molar-refractivity contribution >= 4 is 43.1 Å². The molecule has 0 spiro atoms. The number of thiophene rings is 1. The number of aromatic nitrogens is 2. The summed E-state index contributed by atoms with van der Waals surface area (Å²) in [7, 11) is 3.79. The molecule has 0 amide bonds. The Labute approximate surface area is 275 Å². The Hall–Kier alpha value is -3.67. The van der Waals surface area contributed by atoms with Crippen molar-refractivity contribution in [3.63, 3.8) is 0 Å². The van der Waals surface area contributed by atoms with Crippen LogP contribution in [0, 0.1) is 23.0 Å². The Kier molecular flexibility index (Phi) is 7.89. The van der Waals surface area contributed by atoms with Crippen molar-refractivity contribution in [2.75, 3.05) is 64.2 Å². The van der Waals surface area contributed by atoms with Crippen LogP contribution in [-0.2, 0) is 22.7 Å². The first kappa shape index (κ1) is 30.7. The smallest absolute Gasteiger partial charge is 0.319 e. The first-order chi connectivity index (χ1) is 22.9. The molecule has 3 atom stereocenters. The summed E-state index contributed by atoms with van der Waals surface area (Å²) in [4.78, 5) is 16.8. The first-order valence-corrected chi connectivity index (χ1v) is 17.1. The van der Waals surface area contributed by atoms with Crippen LogP contribution in [0.15, 0.2) is 12.1 Å². The minimum absolute atomic E-state index is 0.00943. The second-order valence-corrected chi connectivity index (χ2v) is 14.2. The fourth-order valence-corrected chi connectivity index (χ4v) is 9.07. The van der Waals surface area contributed by atoms with Crippen molar-refractivity contribution < 1.29 is 23.0 Å². The molecule has 4 aliphatic rings. The van der Waals surface area contributed by atoms with Crippen LogP contribution < -0.4 is 15.4 Å². The van der Waals surface area contributed by atoms with Gasteiger partial charge >= 0.3 is 6.01 Å². The van der Waals surface area contributed by atoms with Gasteiger partial charge in [0.2, 0.25) is 0 Å². The summed E-state index contributed by atoms with van der Waals surface area (Å²) in [5.74, 6) is -0.673. The summed E-state index contributed by atoms with van der Waals surface area (Å²) >= 11 is 1.19. The zero-order valence-electron chi connectivity index (χ0n) is 26.5. The maximum absolute atomic E-state index is 17.4. The number of nitrogens with two attached hydrogens (primary N) is 1. The quantitative estimate of drug-likeness (QED) is 0.276. The molecule has 246 valence electrons. The van der Waals surface area contributed by atoms with Gasteiger partial charge in [0.1, 0.15) is 34.8 Å². The van der Waals surface area contributed by atoms with Crippen molar-refractivity contribution in [3.8, 4) is 23.2 Å². The number of ether oxygens (including phenoxy) is 3. The van der Waals surface area contributed by atoms with E-state index >= 15 is 8.78 Å². The van der Waals surface area contributed by atoms with Crippen molar-refractivity contribution in [2.24, 2.45) is 0 Å². The van der Waals surface area contributed by atoms with E-state index < -0.39 is 11.6 Å². The molecule has 2 bridgehead atoms. The molecular formula is C34H37F2N7O3S. The average Bonchev–Trinajstić information content (AvgIpc) is 3.84. The molecule has 0 aliphatic carbocycles. The van der Waals surface area contributed by atoms with Crippen molar-refractivity contribution in [1.29, 1.82) is 5.26 Å². The normalized spacial score (nSPS) is 22.9. The Bertz CT molecular complexity index is 1920. The zero-order valence-corrected chi connectivity index (χ0v) is 27.3. The van der Waals surface area contributed by atoms with E-state index in [-0.39, 0.29) is 64.6 Å². The van der Waals surface area contributed by atoms with E-state index in [0.29, 0.717) is 40.1 Å². The van der Waals surface area contributed by atoms with Gasteiger partial charge in [-0.3, -0.25) is 4.90 Å². The van der Waals surface area contributed by atoms with Gasteiger partial charge in [-0.15, -0.1) is 11.3 Å². The second kappa shape index (κ2) is 12.1. The average molecular weight is 662 g/mol. The molecule has 2 aromatic carbocycles. The Balaban J connectivity index is 1.34. The maximum Gasteiger partial charge on any atom is 0.319 e. The standard InChI is InChI=1S/C34H37F2N7O3S/c1-41-9-3-4-20(41)15-46-34-39-31-28(33(40-34)43-18-5-6-19(43)14-42(13-18)10-11-44-2)23-17-45-16-22(23)27(30(31)36)29-24(35)7-8-25-26(29)21(12-37)32(38)47-25/h7-8,18-20H,3-6,9-11,13-17,38H2,1-2H3/t18?,19?,20-/m0/s1. The highest BCUT2D eigenvalue weighted by Crippen LogP contribution is 2.49. The molecule has 13 heteroatoms. The fourth-order valence-electron chi connectivity index (χ4n) is 8.14. The molecule has 2 N–H and O–H groups in total. The van der Waals surface area contributed by atoms with Crippen LogP contribution in [0.1, 0.15) is 42.4 Å². The molecule has 4 aromatic rings. The third-order valence-corrected chi connectivity index (χ3v) is 11.4. The Morgan fingerprint density at radius 3 is 2.60 bits per heavy atom. The van der Waals surface area contributed by atoms with Crippen LogP contribution in [0.5, 0.6) is 6.01 Å². The monoisotopic (exact) mass is 661 g/mol. The lowest BCUT2D eigenvalue weighted by Crippen LogP contribution is -2.54. The number of nitrogens with zero attached hydrogens (tertiary/aromatic N) is 6. The lowest BCUT2D eigenvalue weighted by atomic mass is 9.90. The number of fused-ring (bicyclic) bond motifs is 6. The van der Waals surface area contributed by atoms with Crippen molar-refractivity contribution in [1.82, 2.24) is 19.8 Å². The molecule has 3 fully saturated rings. The van der Waals surface area contributed by atoms with Crippen LogP contribution in [0.3, 0.4) is 0 Å². The molecular weight excluding hydrogens is 624 g/mol. The molecule has 4 aliphatic heterocycles. The number of nitrogen functional groups attached to an aromatic ring is 1. The minimum atomic E-state index is -0.679. The van der Waals surface area contributed by atoms with Crippen LogP contribution in [0.25, 0.3) is 32.1 Å².